The van der Waals surface area contributed by atoms with E-state index in [1.54, 1.807) is 0 Å². The molecule has 0 aromatic heterocycles. The Kier molecular flexibility index (Phi) is 7.13. The lowest BCUT2D eigenvalue weighted by Crippen LogP contribution is -2.53. The molecule has 2 N–H and O–H groups in total. The highest BCUT2D eigenvalue weighted by molar-refractivity contribution is 7.89. The summed E-state index contributed by atoms with van der Waals surface area (Å²) >= 11 is 0. The quantitative estimate of drug-likeness (QED) is 0.787. The van der Waals surface area contributed by atoms with Crippen molar-refractivity contribution < 1.29 is 22.3 Å². The molecule has 27 heavy (non-hydrogen) atoms. The number of sulfonamides is 1. The van der Waals surface area contributed by atoms with Crippen molar-refractivity contribution in [3.63, 3.8) is 0 Å². The van der Waals surface area contributed by atoms with Crippen molar-refractivity contribution in [1.82, 2.24) is 4.31 Å². The Morgan fingerprint density at radius 1 is 1.37 bits per heavy atom. The van der Waals surface area contributed by atoms with Crippen LogP contribution in [-0.4, -0.2) is 51.7 Å². The molecule has 2 aliphatic heterocycles. The number of benzene rings is 1. The summed E-state index contributed by atoms with van der Waals surface area (Å²) in [7, 11) is -3.76. The fourth-order valence-corrected chi connectivity index (χ4v) is 5.00. The van der Waals surface area contributed by atoms with Crippen molar-refractivity contribution >= 4 is 22.4 Å². The molecule has 2 atom stereocenters. The minimum atomic E-state index is -3.76. The lowest BCUT2D eigenvalue weighted by atomic mass is 9.81. The summed E-state index contributed by atoms with van der Waals surface area (Å²) in [5.41, 5.74) is 5.76. The molecule has 2 heterocycles. The highest BCUT2D eigenvalue weighted by atomic mass is 35.5. The number of ether oxygens (including phenoxy) is 2. The van der Waals surface area contributed by atoms with Crippen LogP contribution < -0.4 is 10.5 Å². The molecule has 1 aromatic rings. The van der Waals surface area contributed by atoms with Gasteiger partial charge in [0.05, 0.1) is 18.1 Å². The summed E-state index contributed by atoms with van der Waals surface area (Å²) in [6.45, 7) is 6.23. The number of nitrogens with zero attached hydrogens (tertiary/aromatic N) is 1. The van der Waals surface area contributed by atoms with Crippen molar-refractivity contribution in [3.05, 3.63) is 24.0 Å². The number of hydrogen-bond donors (Lipinski definition) is 1. The maximum Gasteiger partial charge on any atom is 0.243 e. The van der Waals surface area contributed by atoms with Crippen molar-refractivity contribution in [3.8, 4) is 5.75 Å². The van der Waals surface area contributed by atoms with E-state index in [0.717, 1.165) is 12.5 Å². The number of rotatable bonds is 5. The van der Waals surface area contributed by atoms with Gasteiger partial charge >= 0.3 is 0 Å². The van der Waals surface area contributed by atoms with Crippen LogP contribution in [0.4, 0.5) is 4.39 Å². The molecule has 0 saturated carbocycles. The zero-order valence-electron chi connectivity index (χ0n) is 15.7. The van der Waals surface area contributed by atoms with Crippen LogP contribution >= 0.6 is 12.4 Å². The predicted octanol–water partition coefficient (Wildman–Crippen LogP) is 2.41. The van der Waals surface area contributed by atoms with Gasteiger partial charge in [0.2, 0.25) is 10.0 Å². The van der Waals surface area contributed by atoms with Crippen LogP contribution in [-0.2, 0) is 14.8 Å². The van der Waals surface area contributed by atoms with Crippen molar-refractivity contribution in [2.45, 2.75) is 37.6 Å². The van der Waals surface area contributed by atoms with Crippen LogP contribution in [0.3, 0.4) is 0 Å². The van der Waals surface area contributed by atoms with Gasteiger partial charge in [-0.15, -0.1) is 12.4 Å². The first-order valence-corrected chi connectivity index (χ1v) is 10.4. The molecule has 0 aliphatic carbocycles. The Bertz CT molecular complexity index is 754. The molecule has 0 bridgehead atoms. The lowest BCUT2D eigenvalue weighted by Gasteiger charge is -2.41. The van der Waals surface area contributed by atoms with E-state index in [-0.39, 0.29) is 40.4 Å². The largest absolute Gasteiger partial charge is 0.490 e. The number of hydrogen-bond acceptors (Lipinski definition) is 5. The van der Waals surface area contributed by atoms with Crippen LogP contribution in [0.5, 0.6) is 5.75 Å². The summed E-state index contributed by atoms with van der Waals surface area (Å²) in [4.78, 5) is -0.0576. The van der Waals surface area contributed by atoms with Gasteiger partial charge in [0.1, 0.15) is 0 Å². The Balaban J connectivity index is 0.00000261. The number of nitrogens with two attached hydrogens (primary N) is 1. The zero-order valence-corrected chi connectivity index (χ0v) is 17.3. The second-order valence-electron chi connectivity index (χ2n) is 7.86. The zero-order chi connectivity index (χ0) is 18.9. The minimum Gasteiger partial charge on any atom is -0.490 e. The molecule has 2 fully saturated rings. The van der Waals surface area contributed by atoms with E-state index >= 15 is 0 Å². The van der Waals surface area contributed by atoms with E-state index in [9.17, 15) is 12.8 Å². The molecule has 9 heteroatoms. The van der Waals surface area contributed by atoms with Crippen molar-refractivity contribution in [2.75, 3.05) is 32.9 Å². The first kappa shape index (κ1) is 22.4. The third kappa shape index (κ3) is 4.92. The third-order valence-electron chi connectivity index (χ3n) is 5.32. The molecule has 2 saturated heterocycles. The van der Waals surface area contributed by atoms with Crippen LogP contribution in [0.1, 0.15) is 26.7 Å². The van der Waals surface area contributed by atoms with Gasteiger partial charge in [-0.1, -0.05) is 13.8 Å². The van der Waals surface area contributed by atoms with Gasteiger partial charge in [0, 0.05) is 31.7 Å². The van der Waals surface area contributed by atoms with Gasteiger partial charge in [-0.2, -0.15) is 4.31 Å². The Hall–Kier alpha value is -0.930. The lowest BCUT2D eigenvalue weighted by molar-refractivity contribution is 0.155. The molecule has 2 unspecified atom stereocenters. The first-order valence-electron chi connectivity index (χ1n) is 8.96. The highest BCUT2D eigenvalue weighted by Crippen LogP contribution is 2.32. The second kappa shape index (κ2) is 8.61. The van der Waals surface area contributed by atoms with E-state index in [1.165, 1.54) is 16.4 Å². The van der Waals surface area contributed by atoms with Gasteiger partial charge in [-0.3, -0.25) is 0 Å². The summed E-state index contributed by atoms with van der Waals surface area (Å²) < 4.78 is 52.3. The fourth-order valence-electron chi connectivity index (χ4n) is 3.36. The van der Waals surface area contributed by atoms with E-state index in [0.29, 0.717) is 39.3 Å². The molecule has 1 aromatic carbocycles. The SMILES string of the molecule is CC1(C)CN(S(=O)(=O)c2ccc(OCC3CCOC3)c(F)c2)CCC1N.Cl. The van der Waals surface area contributed by atoms with E-state index in [2.05, 4.69) is 0 Å². The Morgan fingerprint density at radius 2 is 2.11 bits per heavy atom. The maximum absolute atomic E-state index is 14.4. The minimum absolute atomic E-state index is 0. The summed E-state index contributed by atoms with van der Waals surface area (Å²) in [6, 6.07) is 3.78. The van der Waals surface area contributed by atoms with Crippen LogP contribution in [0.15, 0.2) is 23.1 Å². The Morgan fingerprint density at radius 3 is 2.70 bits per heavy atom. The van der Waals surface area contributed by atoms with Crippen LogP contribution in [0.25, 0.3) is 0 Å². The average molecular weight is 423 g/mol. The molecule has 2 aliphatic rings. The van der Waals surface area contributed by atoms with Crippen molar-refractivity contribution in [2.24, 2.45) is 17.1 Å². The van der Waals surface area contributed by atoms with E-state index in [1.807, 2.05) is 13.8 Å². The fraction of sp³-hybridized carbons (Fsp3) is 0.667. The highest BCUT2D eigenvalue weighted by Gasteiger charge is 2.39. The monoisotopic (exact) mass is 422 g/mol. The van der Waals surface area contributed by atoms with Crippen LogP contribution in [0, 0.1) is 17.2 Å². The molecule has 0 radical (unpaired) electrons. The first-order chi connectivity index (χ1) is 12.2. The molecular formula is C18H28ClFN2O4S. The van der Waals surface area contributed by atoms with Crippen LogP contribution in [0.2, 0.25) is 0 Å². The number of halogens is 2. The Labute approximate surface area is 166 Å². The molecule has 0 spiro atoms. The van der Waals surface area contributed by atoms with Crippen molar-refractivity contribution in [1.29, 1.82) is 0 Å². The standard InChI is InChI=1S/C18H27FN2O4S.ClH/c1-18(2)12-21(7-5-17(18)20)26(22,23)14-3-4-16(15(19)9-14)25-11-13-6-8-24-10-13;/h3-4,9,13,17H,5-8,10-12,20H2,1-2H3;1H. The van der Waals surface area contributed by atoms with Gasteiger partial charge in [-0.25, -0.2) is 12.8 Å². The topological polar surface area (TPSA) is 81.9 Å². The average Bonchev–Trinajstić information content (AvgIpc) is 3.09. The molecule has 0 amide bonds. The normalized spacial score (nSPS) is 25.8. The molecule has 3 rings (SSSR count). The predicted molar refractivity (Wildman–Crippen MR) is 103 cm³/mol. The molecule has 6 nitrogen and oxygen atoms in total. The summed E-state index contributed by atoms with van der Waals surface area (Å²) in [6.07, 6.45) is 1.47. The summed E-state index contributed by atoms with van der Waals surface area (Å²) in [5.74, 6) is -0.354. The summed E-state index contributed by atoms with van der Waals surface area (Å²) in [5, 5.41) is 0. The molecule has 154 valence electrons. The van der Waals surface area contributed by atoms with Gasteiger partial charge in [0.15, 0.2) is 11.6 Å². The van der Waals surface area contributed by atoms with Gasteiger partial charge < -0.3 is 15.2 Å². The number of piperidine rings is 1. The smallest absolute Gasteiger partial charge is 0.243 e. The molecular weight excluding hydrogens is 395 g/mol. The van der Waals surface area contributed by atoms with E-state index in [4.69, 9.17) is 15.2 Å². The van der Waals surface area contributed by atoms with Gasteiger partial charge in [-0.05, 0) is 36.5 Å². The van der Waals surface area contributed by atoms with E-state index < -0.39 is 15.8 Å². The second-order valence-corrected chi connectivity index (χ2v) is 9.79. The maximum atomic E-state index is 14.4. The van der Waals surface area contributed by atoms with Gasteiger partial charge in [0.25, 0.3) is 0 Å². The third-order valence-corrected chi connectivity index (χ3v) is 7.16.